The topological polar surface area (TPSA) is 87.0 Å². The van der Waals surface area contributed by atoms with E-state index >= 15 is 0 Å². The number of allylic oxidation sites excluding steroid dienone is 2. The summed E-state index contributed by atoms with van der Waals surface area (Å²) in [7, 11) is 0. The third kappa shape index (κ3) is 2.55. The van der Waals surface area contributed by atoms with Crippen molar-refractivity contribution in [2.24, 2.45) is 28.6 Å². The number of ether oxygens (including phenoxy) is 1. The largest absolute Gasteiger partial charge is 0.393 e. The lowest BCUT2D eigenvalue weighted by Crippen LogP contribution is -2.61. The van der Waals surface area contributed by atoms with Gasteiger partial charge in [-0.05, 0) is 43.9 Å². The highest BCUT2D eigenvalue weighted by atomic mass is 16.5. The van der Waals surface area contributed by atoms with Crippen molar-refractivity contribution >= 4 is 5.78 Å². The molecule has 4 aliphatic rings. The molecular weight excluding hydrogens is 344 g/mol. The van der Waals surface area contributed by atoms with Gasteiger partial charge >= 0.3 is 0 Å². The van der Waals surface area contributed by atoms with Crippen LogP contribution in [0.2, 0.25) is 0 Å². The van der Waals surface area contributed by atoms with Gasteiger partial charge in [0.1, 0.15) is 12.2 Å². The molecule has 3 fully saturated rings. The number of carbonyl (C=O) groups is 1. The van der Waals surface area contributed by atoms with Gasteiger partial charge in [0.15, 0.2) is 5.78 Å². The van der Waals surface area contributed by atoms with Crippen molar-refractivity contribution in [3.63, 3.8) is 0 Å². The zero-order valence-corrected chi connectivity index (χ0v) is 16.4. The molecule has 5 nitrogen and oxygen atoms in total. The van der Waals surface area contributed by atoms with Crippen LogP contribution in [0.4, 0.5) is 0 Å². The van der Waals surface area contributed by atoms with Crippen molar-refractivity contribution in [3.05, 3.63) is 23.8 Å². The minimum atomic E-state index is -1.53. The molecule has 150 valence electrons. The van der Waals surface area contributed by atoms with E-state index in [0.717, 1.165) is 19.3 Å². The standard InChI is InChI=1S/C22H32O5/c1-20-8-3-10-27-11-7-14(20)4-5-15-16-6-9-22(26,18(25)13-23)21(16,2)12-17(24)19(15)20/h3,7-8,15-17,19,23-24,26H,4-6,9-13H2,1-2H3/b8-3-,14-7?/t15-,16-,17-,19+,20-,21-,22-/m0/s1. The summed E-state index contributed by atoms with van der Waals surface area (Å²) in [6.07, 6.45) is 9.33. The summed E-state index contributed by atoms with van der Waals surface area (Å²) in [5, 5.41) is 31.9. The second-order valence-electron chi connectivity index (χ2n) is 9.46. The summed E-state index contributed by atoms with van der Waals surface area (Å²) in [6.45, 7) is 4.72. The van der Waals surface area contributed by atoms with Gasteiger partial charge in [0.25, 0.3) is 0 Å². The monoisotopic (exact) mass is 376 g/mol. The summed E-state index contributed by atoms with van der Waals surface area (Å²) in [6, 6.07) is 0. The third-order valence-corrected chi connectivity index (χ3v) is 8.47. The fraction of sp³-hybridized carbons (Fsp3) is 0.773. The Bertz CT molecular complexity index is 684. The van der Waals surface area contributed by atoms with Crippen LogP contribution in [0.1, 0.15) is 46.0 Å². The number of hydrogen-bond donors (Lipinski definition) is 3. The van der Waals surface area contributed by atoms with Gasteiger partial charge in [-0.3, -0.25) is 4.79 Å². The van der Waals surface area contributed by atoms with Crippen LogP contribution in [0.15, 0.2) is 23.8 Å². The van der Waals surface area contributed by atoms with Crippen molar-refractivity contribution in [1.29, 1.82) is 0 Å². The maximum atomic E-state index is 12.4. The first-order valence-corrected chi connectivity index (χ1v) is 10.3. The lowest BCUT2D eigenvalue weighted by molar-refractivity contribution is -0.178. The molecule has 0 aromatic carbocycles. The molecule has 7 atom stereocenters. The van der Waals surface area contributed by atoms with E-state index in [1.54, 1.807) is 0 Å². The lowest BCUT2D eigenvalue weighted by Gasteiger charge is -2.59. The third-order valence-electron chi connectivity index (χ3n) is 8.47. The second kappa shape index (κ2) is 6.51. The molecule has 0 unspecified atom stereocenters. The number of hydrogen-bond acceptors (Lipinski definition) is 5. The van der Waals surface area contributed by atoms with Crippen molar-refractivity contribution in [2.75, 3.05) is 19.8 Å². The number of rotatable bonds is 2. The second-order valence-corrected chi connectivity index (χ2v) is 9.46. The van der Waals surface area contributed by atoms with Crippen LogP contribution < -0.4 is 0 Å². The van der Waals surface area contributed by atoms with Gasteiger partial charge in [0.2, 0.25) is 0 Å². The van der Waals surface area contributed by atoms with Crippen molar-refractivity contribution < 1.29 is 24.9 Å². The molecule has 5 heteroatoms. The molecule has 27 heavy (non-hydrogen) atoms. The Hall–Kier alpha value is -1.01. The van der Waals surface area contributed by atoms with Crippen LogP contribution >= 0.6 is 0 Å². The quantitative estimate of drug-likeness (QED) is 0.642. The Morgan fingerprint density at radius 2 is 2.07 bits per heavy atom. The predicted octanol–water partition coefficient (Wildman–Crippen LogP) is 2.01. The van der Waals surface area contributed by atoms with Crippen molar-refractivity contribution in [3.8, 4) is 0 Å². The number of carbonyl (C=O) groups excluding carboxylic acids is 1. The number of fused-ring (bicyclic) bond motifs is 5. The van der Waals surface area contributed by atoms with Crippen LogP contribution in [0, 0.1) is 28.6 Å². The van der Waals surface area contributed by atoms with Crippen LogP contribution in [-0.4, -0.2) is 52.6 Å². The van der Waals surface area contributed by atoms with E-state index in [1.165, 1.54) is 5.57 Å². The highest BCUT2D eigenvalue weighted by molar-refractivity contribution is 5.89. The van der Waals surface area contributed by atoms with Crippen LogP contribution in [-0.2, 0) is 9.53 Å². The van der Waals surface area contributed by atoms with Gasteiger partial charge in [0.05, 0.1) is 19.3 Å². The smallest absolute Gasteiger partial charge is 0.190 e. The molecule has 3 saturated carbocycles. The van der Waals surface area contributed by atoms with Gasteiger partial charge in [-0.25, -0.2) is 0 Å². The number of ketones is 1. The van der Waals surface area contributed by atoms with E-state index in [0.29, 0.717) is 26.1 Å². The Balaban J connectivity index is 1.74. The first-order chi connectivity index (χ1) is 12.8. The molecule has 1 heterocycles. The Labute approximate surface area is 161 Å². The van der Waals surface area contributed by atoms with Gasteiger partial charge in [-0.15, -0.1) is 0 Å². The van der Waals surface area contributed by atoms with Gasteiger partial charge in [-0.2, -0.15) is 0 Å². The van der Waals surface area contributed by atoms with E-state index in [9.17, 15) is 20.1 Å². The summed E-state index contributed by atoms with van der Waals surface area (Å²) in [5.41, 5.74) is -1.09. The number of Topliss-reactive ketones (excluding diaryl/α,β-unsaturated/α-hetero) is 1. The predicted molar refractivity (Wildman–Crippen MR) is 101 cm³/mol. The zero-order chi connectivity index (χ0) is 19.4. The molecular formula is C22H32O5. The first-order valence-electron chi connectivity index (χ1n) is 10.3. The molecule has 0 radical (unpaired) electrons. The normalized spacial score (nSPS) is 50.5. The Morgan fingerprint density at radius 1 is 1.30 bits per heavy atom. The summed E-state index contributed by atoms with van der Waals surface area (Å²) < 4.78 is 5.56. The average molecular weight is 376 g/mol. The number of aliphatic hydroxyl groups excluding tert-OH is 2. The summed E-state index contributed by atoms with van der Waals surface area (Å²) in [4.78, 5) is 12.4. The Kier molecular flexibility index (Phi) is 4.66. The maximum absolute atomic E-state index is 12.4. The molecule has 0 aromatic rings. The first kappa shape index (κ1) is 19.3. The molecule has 0 saturated heterocycles. The molecule has 3 N–H and O–H groups in total. The van der Waals surface area contributed by atoms with E-state index in [-0.39, 0.29) is 23.2 Å². The molecule has 0 amide bonds. The molecule has 0 spiro atoms. The fourth-order valence-corrected chi connectivity index (χ4v) is 7.13. The van der Waals surface area contributed by atoms with E-state index < -0.39 is 29.5 Å². The molecule has 4 rings (SSSR count). The minimum absolute atomic E-state index is 0.0801. The minimum Gasteiger partial charge on any atom is -0.393 e. The zero-order valence-electron chi connectivity index (χ0n) is 16.4. The summed E-state index contributed by atoms with van der Waals surface area (Å²) in [5.74, 6) is 0.0199. The van der Waals surface area contributed by atoms with Crippen LogP contribution in [0.25, 0.3) is 0 Å². The lowest BCUT2D eigenvalue weighted by atomic mass is 9.46. The van der Waals surface area contributed by atoms with Gasteiger partial charge < -0.3 is 20.1 Å². The fourth-order valence-electron chi connectivity index (χ4n) is 7.13. The molecule has 1 aliphatic heterocycles. The van der Waals surface area contributed by atoms with Crippen LogP contribution in [0.5, 0.6) is 0 Å². The molecule has 0 aromatic heterocycles. The van der Waals surface area contributed by atoms with Crippen LogP contribution in [0.3, 0.4) is 0 Å². The maximum Gasteiger partial charge on any atom is 0.190 e. The molecule has 3 aliphatic carbocycles. The SMILES string of the molecule is C[C@]12/C=C\COCC=C1CC[C@@H]1[C@@H]2[C@@H](O)C[C@@]2(C)[C@H]1CC[C@]2(O)C(=O)CO. The van der Waals surface area contributed by atoms with Crippen molar-refractivity contribution in [1.82, 2.24) is 0 Å². The molecule has 0 bridgehead atoms. The summed E-state index contributed by atoms with van der Waals surface area (Å²) >= 11 is 0. The van der Waals surface area contributed by atoms with Gasteiger partial charge in [-0.1, -0.05) is 37.6 Å². The number of aliphatic hydroxyl groups is 3. The van der Waals surface area contributed by atoms with E-state index in [2.05, 4.69) is 25.2 Å². The highest BCUT2D eigenvalue weighted by Crippen LogP contribution is 2.66. The van der Waals surface area contributed by atoms with Gasteiger partial charge in [0, 0.05) is 16.7 Å². The van der Waals surface area contributed by atoms with Crippen molar-refractivity contribution in [2.45, 2.75) is 57.7 Å². The van der Waals surface area contributed by atoms with E-state index in [4.69, 9.17) is 4.74 Å². The van der Waals surface area contributed by atoms with E-state index in [1.807, 2.05) is 6.92 Å². The Morgan fingerprint density at radius 3 is 2.81 bits per heavy atom. The highest BCUT2D eigenvalue weighted by Gasteiger charge is 2.67. The average Bonchev–Trinajstić information content (AvgIpc) is 2.88.